The summed E-state index contributed by atoms with van der Waals surface area (Å²) >= 11 is 0. The molecule has 0 fully saturated rings. The summed E-state index contributed by atoms with van der Waals surface area (Å²) in [4.78, 5) is 0. The normalized spacial score (nSPS) is 10.1. The van der Waals surface area contributed by atoms with Gasteiger partial charge in [-0.05, 0) is 35.4 Å². The van der Waals surface area contributed by atoms with Gasteiger partial charge < -0.3 is 22.1 Å². The minimum Gasteiger partial charge on any atom is -0.397 e. The SMILES string of the molecule is CNc1cc(-c2ccc(N)c(NC)c2)ccc1N. The van der Waals surface area contributed by atoms with Crippen molar-refractivity contribution in [3.8, 4) is 11.1 Å². The van der Waals surface area contributed by atoms with E-state index < -0.39 is 0 Å². The van der Waals surface area contributed by atoms with Gasteiger partial charge in [0.05, 0.1) is 22.7 Å². The zero-order chi connectivity index (χ0) is 13.1. The summed E-state index contributed by atoms with van der Waals surface area (Å²) in [6, 6.07) is 11.9. The van der Waals surface area contributed by atoms with Crippen LogP contribution in [0.4, 0.5) is 22.7 Å². The maximum Gasteiger partial charge on any atom is 0.0577 e. The number of rotatable bonds is 3. The second-order valence-corrected chi connectivity index (χ2v) is 4.10. The first-order valence-corrected chi connectivity index (χ1v) is 5.80. The maximum absolute atomic E-state index is 5.86. The third-order valence-corrected chi connectivity index (χ3v) is 2.98. The Hall–Kier alpha value is -2.36. The Kier molecular flexibility index (Phi) is 3.28. The summed E-state index contributed by atoms with van der Waals surface area (Å²) in [6.07, 6.45) is 0. The van der Waals surface area contributed by atoms with Crippen molar-refractivity contribution in [2.24, 2.45) is 0 Å². The highest BCUT2D eigenvalue weighted by Crippen LogP contribution is 2.30. The lowest BCUT2D eigenvalue weighted by Crippen LogP contribution is -1.97. The van der Waals surface area contributed by atoms with Crippen LogP contribution in [0.2, 0.25) is 0 Å². The van der Waals surface area contributed by atoms with Crippen molar-refractivity contribution in [1.29, 1.82) is 0 Å². The van der Waals surface area contributed by atoms with Gasteiger partial charge in [-0.3, -0.25) is 0 Å². The zero-order valence-corrected chi connectivity index (χ0v) is 10.6. The third-order valence-electron chi connectivity index (χ3n) is 2.98. The van der Waals surface area contributed by atoms with E-state index in [0.717, 1.165) is 33.9 Å². The predicted octanol–water partition coefficient (Wildman–Crippen LogP) is 2.60. The molecule has 4 nitrogen and oxygen atoms in total. The Morgan fingerprint density at radius 1 is 0.722 bits per heavy atom. The van der Waals surface area contributed by atoms with E-state index in [4.69, 9.17) is 11.5 Å². The molecule has 0 bridgehead atoms. The van der Waals surface area contributed by atoms with Crippen molar-refractivity contribution in [1.82, 2.24) is 0 Å². The highest BCUT2D eigenvalue weighted by molar-refractivity contribution is 5.80. The molecule has 0 amide bonds. The van der Waals surface area contributed by atoms with Gasteiger partial charge in [0, 0.05) is 14.1 Å². The molecule has 2 aromatic carbocycles. The molecule has 0 aliphatic heterocycles. The summed E-state index contributed by atoms with van der Waals surface area (Å²) in [5, 5.41) is 6.16. The van der Waals surface area contributed by atoms with E-state index in [0.29, 0.717) is 0 Å². The standard InChI is InChI=1S/C14H18N4/c1-17-13-7-9(3-5-11(13)15)10-4-6-12(16)14(8-10)18-2/h3-8,17-18H,15-16H2,1-2H3. The third kappa shape index (κ3) is 2.18. The van der Waals surface area contributed by atoms with Crippen LogP contribution < -0.4 is 22.1 Å². The molecular weight excluding hydrogens is 224 g/mol. The van der Waals surface area contributed by atoms with Gasteiger partial charge in [-0.2, -0.15) is 0 Å². The van der Waals surface area contributed by atoms with Gasteiger partial charge in [-0.25, -0.2) is 0 Å². The molecule has 0 atom stereocenters. The average Bonchev–Trinajstić information content (AvgIpc) is 2.40. The molecule has 0 saturated carbocycles. The van der Waals surface area contributed by atoms with Crippen LogP contribution in [-0.4, -0.2) is 14.1 Å². The number of nitrogens with two attached hydrogens (primary N) is 2. The molecule has 2 rings (SSSR count). The number of nitrogens with one attached hydrogen (secondary N) is 2. The smallest absolute Gasteiger partial charge is 0.0577 e. The molecule has 0 spiro atoms. The van der Waals surface area contributed by atoms with Gasteiger partial charge in [-0.15, -0.1) is 0 Å². The van der Waals surface area contributed by atoms with E-state index in [1.165, 1.54) is 0 Å². The summed E-state index contributed by atoms with van der Waals surface area (Å²) in [5.41, 5.74) is 17.3. The Morgan fingerprint density at radius 2 is 1.11 bits per heavy atom. The first-order valence-electron chi connectivity index (χ1n) is 5.80. The van der Waals surface area contributed by atoms with E-state index in [1.54, 1.807) is 0 Å². The van der Waals surface area contributed by atoms with Crippen LogP contribution in [0.5, 0.6) is 0 Å². The van der Waals surface area contributed by atoms with Crippen molar-refractivity contribution in [3.63, 3.8) is 0 Å². The van der Waals surface area contributed by atoms with E-state index in [1.807, 2.05) is 50.5 Å². The molecule has 18 heavy (non-hydrogen) atoms. The predicted molar refractivity (Wildman–Crippen MR) is 79.8 cm³/mol. The lowest BCUT2D eigenvalue weighted by Gasteiger charge is -2.11. The first kappa shape index (κ1) is 12.1. The van der Waals surface area contributed by atoms with Crippen LogP contribution in [0, 0.1) is 0 Å². The molecule has 0 radical (unpaired) electrons. The zero-order valence-electron chi connectivity index (χ0n) is 10.6. The van der Waals surface area contributed by atoms with E-state index in [9.17, 15) is 0 Å². The Morgan fingerprint density at radius 3 is 1.44 bits per heavy atom. The molecule has 94 valence electrons. The highest BCUT2D eigenvalue weighted by atomic mass is 14.9. The molecule has 0 aliphatic carbocycles. The van der Waals surface area contributed by atoms with Crippen LogP contribution in [0.15, 0.2) is 36.4 Å². The minimum absolute atomic E-state index is 0.741. The van der Waals surface area contributed by atoms with Crippen molar-refractivity contribution in [2.45, 2.75) is 0 Å². The molecule has 6 N–H and O–H groups in total. The number of anilines is 4. The van der Waals surface area contributed by atoms with E-state index in [-0.39, 0.29) is 0 Å². The number of benzene rings is 2. The summed E-state index contributed by atoms with van der Waals surface area (Å²) in [6.45, 7) is 0. The van der Waals surface area contributed by atoms with Crippen molar-refractivity contribution in [2.75, 3.05) is 36.2 Å². The lowest BCUT2D eigenvalue weighted by atomic mass is 10.0. The van der Waals surface area contributed by atoms with Crippen molar-refractivity contribution in [3.05, 3.63) is 36.4 Å². The maximum atomic E-state index is 5.86. The Labute approximate surface area is 107 Å². The van der Waals surface area contributed by atoms with Crippen LogP contribution in [0.1, 0.15) is 0 Å². The summed E-state index contributed by atoms with van der Waals surface area (Å²) in [7, 11) is 3.72. The van der Waals surface area contributed by atoms with Crippen molar-refractivity contribution < 1.29 is 0 Å². The second kappa shape index (κ2) is 4.87. The largest absolute Gasteiger partial charge is 0.397 e. The number of nitrogen functional groups attached to an aromatic ring is 2. The minimum atomic E-state index is 0.741. The number of hydrogen-bond acceptors (Lipinski definition) is 4. The molecule has 0 unspecified atom stereocenters. The van der Waals surface area contributed by atoms with Gasteiger partial charge in [0.1, 0.15) is 0 Å². The van der Waals surface area contributed by atoms with Gasteiger partial charge in [0.2, 0.25) is 0 Å². The number of hydrogen-bond donors (Lipinski definition) is 4. The van der Waals surface area contributed by atoms with Crippen molar-refractivity contribution >= 4 is 22.7 Å². The Bertz CT molecular complexity index is 512. The molecule has 4 heteroatoms. The van der Waals surface area contributed by atoms with Crippen LogP contribution in [0.3, 0.4) is 0 Å². The van der Waals surface area contributed by atoms with E-state index >= 15 is 0 Å². The summed E-state index contributed by atoms with van der Waals surface area (Å²) in [5.74, 6) is 0. The van der Waals surface area contributed by atoms with Gasteiger partial charge in [-0.1, -0.05) is 12.1 Å². The lowest BCUT2D eigenvalue weighted by molar-refractivity contribution is 1.49. The highest BCUT2D eigenvalue weighted by Gasteiger charge is 2.04. The van der Waals surface area contributed by atoms with Gasteiger partial charge >= 0.3 is 0 Å². The quantitative estimate of drug-likeness (QED) is 0.624. The fourth-order valence-corrected chi connectivity index (χ4v) is 1.90. The molecule has 0 saturated heterocycles. The second-order valence-electron chi connectivity index (χ2n) is 4.10. The fraction of sp³-hybridized carbons (Fsp3) is 0.143. The van der Waals surface area contributed by atoms with Crippen LogP contribution >= 0.6 is 0 Å². The average molecular weight is 242 g/mol. The monoisotopic (exact) mass is 242 g/mol. The summed E-state index contributed by atoms with van der Waals surface area (Å²) < 4.78 is 0. The van der Waals surface area contributed by atoms with Crippen LogP contribution in [0.25, 0.3) is 11.1 Å². The van der Waals surface area contributed by atoms with Gasteiger partial charge in [0.25, 0.3) is 0 Å². The Balaban J connectivity index is 2.48. The van der Waals surface area contributed by atoms with Gasteiger partial charge in [0.15, 0.2) is 0 Å². The molecule has 2 aromatic rings. The molecule has 0 heterocycles. The molecule has 0 aromatic heterocycles. The van der Waals surface area contributed by atoms with Crippen LogP contribution in [-0.2, 0) is 0 Å². The first-order chi connectivity index (χ1) is 8.65. The topological polar surface area (TPSA) is 76.1 Å². The fourth-order valence-electron chi connectivity index (χ4n) is 1.90. The molecular formula is C14H18N4. The molecule has 0 aliphatic rings. The van der Waals surface area contributed by atoms with E-state index in [2.05, 4.69) is 10.6 Å².